The highest BCUT2D eigenvalue weighted by molar-refractivity contribution is 6.30. The van der Waals surface area contributed by atoms with E-state index in [1.165, 1.54) is 0 Å². The van der Waals surface area contributed by atoms with Gasteiger partial charge in [-0.25, -0.2) is 0 Å². The molecule has 0 bridgehead atoms. The lowest BCUT2D eigenvalue weighted by atomic mass is 10.0. The van der Waals surface area contributed by atoms with Crippen LogP contribution in [0.15, 0.2) is 24.3 Å². The topological polar surface area (TPSA) is 32.3 Å². The maximum Gasteiger partial charge on any atom is 0.254 e. The first-order chi connectivity index (χ1) is 7.72. The van der Waals surface area contributed by atoms with Crippen LogP contribution in [-0.2, 0) is 0 Å². The molecule has 1 N–H and O–H groups in total. The van der Waals surface area contributed by atoms with Crippen LogP contribution in [-0.4, -0.2) is 37.0 Å². The van der Waals surface area contributed by atoms with Gasteiger partial charge in [-0.15, -0.1) is 0 Å². The van der Waals surface area contributed by atoms with Crippen LogP contribution in [0, 0.1) is 0 Å². The van der Waals surface area contributed by atoms with Gasteiger partial charge in [0.2, 0.25) is 0 Å². The van der Waals surface area contributed by atoms with Gasteiger partial charge >= 0.3 is 0 Å². The van der Waals surface area contributed by atoms with Crippen molar-refractivity contribution in [2.75, 3.05) is 20.1 Å². The number of nitrogens with zero attached hydrogens (tertiary/aromatic N) is 1. The van der Waals surface area contributed by atoms with E-state index in [1.54, 1.807) is 24.3 Å². The summed E-state index contributed by atoms with van der Waals surface area (Å²) in [6, 6.07) is 7.40. The number of carbonyl (C=O) groups is 1. The number of likely N-dealkylation sites (N-methyl/N-ethyl adjacent to an activating group) is 1. The van der Waals surface area contributed by atoms with Gasteiger partial charge in [0.25, 0.3) is 5.91 Å². The van der Waals surface area contributed by atoms with E-state index in [9.17, 15) is 4.79 Å². The van der Waals surface area contributed by atoms with Crippen LogP contribution < -0.4 is 5.32 Å². The molecule has 1 aliphatic rings. The SMILES string of the molecule is CNCC1CCN1C(=O)c1ccc(Cl)cc1. The molecular formula is C12H15ClN2O. The summed E-state index contributed by atoms with van der Waals surface area (Å²) in [6.45, 7) is 1.72. The molecule has 1 aliphatic heterocycles. The Morgan fingerprint density at radius 2 is 2.19 bits per heavy atom. The Bertz CT molecular complexity index is 377. The standard InChI is InChI=1S/C12H15ClN2O/c1-14-8-11-6-7-15(11)12(16)9-2-4-10(13)5-3-9/h2-5,11,14H,6-8H2,1H3. The van der Waals surface area contributed by atoms with Gasteiger partial charge in [0, 0.05) is 29.7 Å². The van der Waals surface area contributed by atoms with Crippen LogP contribution in [0.3, 0.4) is 0 Å². The molecule has 0 spiro atoms. The molecule has 0 radical (unpaired) electrons. The zero-order valence-electron chi connectivity index (χ0n) is 9.24. The molecule has 1 saturated heterocycles. The molecule has 0 aliphatic carbocycles. The van der Waals surface area contributed by atoms with Crippen molar-refractivity contribution in [3.63, 3.8) is 0 Å². The van der Waals surface area contributed by atoms with Crippen LogP contribution in [0.4, 0.5) is 0 Å². The summed E-state index contributed by atoms with van der Waals surface area (Å²) in [5.41, 5.74) is 0.713. The summed E-state index contributed by atoms with van der Waals surface area (Å²) in [7, 11) is 1.91. The van der Waals surface area contributed by atoms with Gasteiger partial charge < -0.3 is 10.2 Å². The average molecular weight is 239 g/mol. The van der Waals surface area contributed by atoms with Gasteiger partial charge in [-0.05, 0) is 37.7 Å². The monoisotopic (exact) mass is 238 g/mol. The fraction of sp³-hybridized carbons (Fsp3) is 0.417. The van der Waals surface area contributed by atoms with Crippen molar-refractivity contribution in [3.05, 3.63) is 34.9 Å². The molecule has 1 amide bonds. The number of likely N-dealkylation sites (tertiary alicyclic amines) is 1. The minimum Gasteiger partial charge on any atom is -0.334 e. The molecule has 1 aromatic rings. The molecule has 2 rings (SSSR count). The number of carbonyl (C=O) groups excluding carboxylic acids is 1. The van der Waals surface area contributed by atoms with E-state index >= 15 is 0 Å². The molecular weight excluding hydrogens is 224 g/mol. The third-order valence-corrected chi connectivity index (χ3v) is 3.19. The minimum absolute atomic E-state index is 0.100. The molecule has 1 heterocycles. The van der Waals surface area contributed by atoms with E-state index in [0.717, 1.165) is 19.5 Å². The molecule has 3 nitrogen and oxygen atoms in total. The van der Waals surface area contributed by atoms with Gasteiger partial charge in [-0.1, -0.05) is 11.6 Å². The predicted molar refractivity (Wildman–Crippen MR) is 64.8 cm³/mol. The first kappa shape index (κ1) is 11.4. The molecule has 0 aromatic heterocycles. The van der Waals surface area contributed by atoms with E-state index in [2.05, 4.69) is 5.32 Å². The van der Waals surface area contributed by atoms with Gasteiger partial charge in [0.15, 0.2) is 0 Å². The summed E-state index contributed by atoms with van der Waals surface area (Å²) in [5.74, 6) is 0.100. The summed E-state index contributed by atoms with van der Waals surface area (Å²) >= 11 is 5.79. The van der Waals surface area contributed by atoms with Gasteiger partial charge in [-0.2, -0.15) is 0 Å². The van der Waals surface area contributed by atoms with Crippen molar-refractivity contribution in [2.45, 2.75) is 12.5 Å². The third kappa shape index (κ3) is 2.20. The smallest absolute Gasteiger partial charge is 0.254 e. The van der Waals surface area contributed by atoms with Gasteiger partial charge in [-0.3, -0.25) is 4.79 Å². The lowest BCUT2D eigenvalue weighted by molar-refractivity contribution is 0.0468. The number of hydrogen-bond acceptors (Lipinski definition) is 2. The fourth-order valence-corrected chi connectivity index (χ4v) is 2.04. The quantitative estimate of drug-likeness (QED) is 0.871. The van der Waals surface area contributed by atoms with Crippen molar-refractivity contribution in [2.24, 2.45) is 0 Å². The predicted octanol–water partition coefficient (Wildman–Crippen LogP) is 1.77. The highest BCUT2D eigenvalue weighted by Gasteiger charge is 2.31. The second-order valence-corrected chi connectivity index (χ2v) is 4.44. The molecule has 16 heavy (non-hydrogen) atoms. The molecule has 1 atom stereocenters. The Morgan fingerprint density at radius 1 is 1.50 bits per heavy atom. The summed E-state index contributed by atoms with van der Waals surface area (Å²) in [4.78, 5) is 14.0. The molecule has 86 valence electrons. The minimum atomic E-state index is 0.100. The second kappa shape index (κ2) is 4.85. The summed E-state index contributed by atoms with van der Waals surface area (Å²) in [6.07, 6.45) is 1.08. The van der Waals surface area contributed by atoms with E-state index < -0.39 is 0 Å². The largest absolute Gasteiger partial charge is 0.334 e. The van der Waals surface area contributed by atoms with Gasteiger partial charge in [0.05, 0.1) is 0 Å². The first-order valence-electron chi connectivity index (χ1n) is 5.43. The maximum atomic E-state index is 12.1. The van der Waals surface area contributed by atoms with E-state index in [1.807, 2.05) is 11.9 Å². The van der Waals surface area contributed by atoms with Crippen LogP contribution >= 0.6 is 11.6 Å². The molecule has 1 unspecified atom stereocenters. The average Bonchev–Trinajstić information content (AvgIpc) is 2.25. The first-order valence-corrected chi connectivity index (χ1v) is 5.81. The van der Waals surface area contributed by atoms with E-state index in [-0.39, 0.29) is 5.91 Å². The van der Waals surface area contributed by atoms with Crippen LogP contribution in [0.2, 0.25) is 5.02 Å². The van der Waals surface area contributed by atoms with Crippen molar-refractivity contribution >= 4 is 17.5 Å². The van der Waals surface area contributed by atoms with Crippen molar-refractivity contribution < 1.29 is 4.79 Å². The maximum absolute atomic E-state index is 12.1. The Labute approximate surface area is 100 Å². The summed E-state index contributed by atoms with van der Waals surface area (Å²) < 4.78 is 0. The molecule has 1 fully saturated rings. The highest BCUT2D eigenvalue weighted by Crippen LogP contribution is 2.20. The second-order valence-electron chi connectivity index (χ2n) is 4.01. The third-order valence-electron chi connectivity index (χ3n) is 2.94. The number of halogens is 1. The molecule has 0 saturated carbocycles. The lowest BCUT2D eigenvalue weighted by Crippen LogP contribution is -2.54. The summed E-state index contributed by atoms with van der Waals surface area (Å²) in [5, 5.41) is 3.76. The van der Waals surface area contributed by atoms with Gasteiger partial charge in [0.1, 0.15) is 0 Å². The van der Waals surface area contributed by atoms with Crippen LogP contribution in [0.25, 0.3) is 0 Å². The van der Waals surface area contributed by atoms with Crippen molar-refractivity contribution in [3.8, 4) is 0 Å². The van der Waals surface area contributed by atoms with Crippen molar-refractivity contribution in [1.82, 2.24) is 10.2 Å². The number of nitrogens with one attached hydrogen (secondary N) is 1. The number of benzene rings is 1. The van der Waals surface area contributed by atoms with Crippen molar-refractivity contribution in [1.29, 1.82) is 0 Å². The van der Waals surface area contributed by atoms with Crippen LogP contribution in [0.5, 0.6) is 0 Å². The highest BCUT2D eigenvalue weighted by atomic mass is 35.5. The van der Waals surface area contributed by atoms with Crippen LogP contribution in [0.1, 0.15) is 16.8 Å². The lowest BCUT2D eigenvalue weighted by Gasteiger charge is -2.41. The number of amides is 1. The Balaban J connectivity index is 2.05. The molecule has 4 heteroatoms. The Kier molecular flexibility index (Phi) is 3.46. The Hall–Kier alpha value is -1.06. The zero-order chi connectivity index (χ0) is 11.5. The molecule has 1 aromatic carbocycles. The zero-order valence-corrected chi connectivity index (χ0v) is 10.00. The number of rotatable bonds is 3. The van der Waals surface area contributed by atoms with E-state index in [4.69, 9.17) is 11.6 Å². The van der Waals surface area contributed by atoms with E-state index in [0.29, 0.717) is 16.6 Å². The Morgan fingerprint density at radius 3 is 2.69 bits per heavy atom. The normalized spacial score (nSPS) is 19.4. The number of hydrogen-bond donors (Lipinski definition) is 1. The fourth-order valence-electron chi connectivity index (χ4n) is 1.91.